The number of nitrogens with zero attached hydrogens (tertiary/aromatic N) is 2. The standard InChI is InChI=1S/C15H18N2O2.C2H6.CH3.Y/c1-4-9-17-15(19)13(14(18)11(3)16-17)12-8-6-5-7-10(12)2;1-2;;/h5-8,18H,4,9H2,1-3H3;1-2H3;1H3;/q;;-1;. The van der Waals surface area contributed by atoms with E-state index in [9.17, 15) is 9.90 Å². The van der Waals surface area contributed by atoms with Gasteiger partial charge in [0.2, 0.25) is 0 Å². The third-order valence-corrected chi connectivity index (χ3v) is 3.15. The van der Waals surface area contributed by atoms with E-state index in [0.717, 1.165) is 17.5 Å². The number of aryl methyl sites for hydroxylation is 3. The summed E-state index contributed by atoms with van der Waals surface area (Å²) >= 11 is 0. The number of hydrogen-bond donors (Lipinski definition) is 1. The predicted molar refractivity (Wildman–Crippen MR) is 93.1 cm³/mol. The second-order valence-electron chi connectivity index (χ2n) is 4.65. The zero-order chi connectivity index (χ0) is 16.0. The van der Waals surface area contributed by atoms with Crippen molar-refractivity contribution in [3.63, 3.8) is 0 Å². The summed E-state index contributed by atoms with van der Waals surface area (Å²) in [5.74, 6) is -0.0216. The van der Waals surface area contributed by atoms with Gasteiger partial charge >= 0.3 is 0 Å². The van der Waals surface area contributed by atoms with Gasteiger partial charge in [0.05, 0.1) is 5.56 Å². The maximum Gasteiger partial charge on any atom is 0.278 e. The van der Waals surface area contributed by atoms with E-state index in [-0.39, 0.29) is 51.4 Å². The summed E-state index contributed by atoms with van der Waals surface area (Å²) in [6.07, 6.45) is 0.824. The van der Waals surface area contributed by atoms with E-state index < -0.39 is 0 Å². The Morgan fingerprint density at radius 1 is 1.17 bits per heavy atom. The molecule has 0 atom stereocenters. The summed E-state index contributed by atoms with van der Waals surface area (Å²) in [6, 6.07) is 7.55. The molecule has 1 aromatic carbocycles. The molecule has 0 fully saturated rings. The van der Waals surface area contributed by atoms with Crippen molar-refractivity contribution in [1.29, 1.82) is 0 Å². The molecule has 1 aromatic heterocycles. The van der Waals surface area contributed by atoms with E-state index >= 15 is 0 Å². The van der Waals surface area contributed by atoms with Crippen molar-refractivity contribution in [2.24, 2.45) is 0 Å². The van der Waals surface area contributed by atoms with Gasteiger partial charge in [-0.3, -0.25) is 4.79 Å². The van der Waals surface area contributed by atoms with Crippen LogP contribution in [0.1, 0.15) is 38.4 Å². The monoisotopic (exact) mass is 392 g/mol. The molecule has 0 spiro atoms. The molecule has 0 saturated carbocycles. The Balaban J connectivity index is 0. The Labute approximate surface area is 164 Å². The van der Waals surface area contributed by atoms with Crippen LogP contribution in [0.15, 0.2) is 29.1 Å². The summed E-state index contributed by atoms with van der Waals surface area (Å²) in [5.41, 5.74) is 2.31. The van der Waals surface area contributed by atoms with Crippen LogP contribution in [0.2, 0.25) is 0 Å². The Hall–Kier alpha value is -0.996. The first-order chi connectivity index (χ1) is 10.1. The van der Waals surface area contributed by atoms with Crippen LogP contribution in [0.4, 0.5) is 0 Å². The van der Waals surface area contributed by atoms with Crippen LogP contribution < -0.4 is 5.56 Å². The molecule has 2 rings (SSSR count). The molecule has 2 aromatic rings. The molecule has 1 heterocycles. The Morgan fingerprint density at radius 2 is 1.74 bits per heavy atom. The SMILES string of the molecule is CC.CCCn1nc(C)c(O)c(-c2ccccc2C)c1=O.[CH3-].[Y]. The van der Waals surface area contributed by atoms with Gasteiger partial charge in [0.15, 0.2) is 5.75 Å². The quantitative estimate of drug-likeness (QED) is 0.800. The van der Waals surface area contributed by atoms with Crippen molar-refractivity contribution in [3.8, 4) is 16.9 Å². The van der Waals surface area contributed by atoms with Gasteiger partial charge in [-0.2, -0.15) is 5.10 Å². The van der Waals surface area contributed by atoms with Crippen molar-refractivity contribution < 1.29 is 37.8 Å². The number of benzene rings is 1. The minimum absolute atomic E-state index is 0. The average molecular weight is 392 g/mol. The van der Waals surface area contributed by atoms with Crippen molar-refractivity contribution in [2.75, 3.05) is 0 Å². The molecule has 23 heavy (non-hydrogen) atoms. The van der Waals surface area contributed by atoms with Crippen LogP contribution in [-0.4, -0.2) is 14.9 Å². The number of rotatable bonds is 3. The zero-order valence-corrected chi connectivity index (χ0v) is 17.9. The van der Waals surface area contributed by atoms with Gasteiger partial charge in [-0.1, -0.05) is 45.0 Å². The maximum atomic E-state index is 12.4. The van der Waals surface area contributed by atoms with Gasteiger partial charge in [0.25, 0.3) is 5.56 Å². The van der Waals surface area contributed by atoms with E-state index in [4.69, 9.17) is 0 Å². The fourth-order valence-corrected chi connectivity index (χ4v) is 2.14. The number of aromatic nitrogens is 2. The second kappa shape index (κ2) is 11.5. The number of hydrogen-bond acceptors (Lipinski definition) is 3. The average Bonchev–Trinajstić information content (AvgIpc) is 2.49. The maximum absolute atomic E-state index is 12.4. The van der Waals surface area contributed by atoms with E-state index in [0.29, 0.717) is 17.8 Å². The van der Waals surface area contributed by atoms with Gasteiger partial charge in [0.1, 0.15) is 5.69 Å². The van der Waals surface area contributed by atoms with Gasteiger partial charge in [0, 0.05) is 39.3 Å². The Morgan fingerprint density at radius 3 is 2.26 bits per heavy atom. The molecule has 4 nitrogen and oxygen atoms in total. The van der Waals surface area contributed by atoms with E-state index in [1.807, 2.05) is 52.0 Å². The molecule has 0 aliphatic heterocycles. The van der Waals surface area contributed by atoms with Crippen molar-refractivity contribution in [2.45, 2.75) is 47.6 Å². The largest absolute Gasteiger partial charge is 0.505 e. The first kappa shape index (κ1) is 24.3. The van der Waals surface area contributed by atoms with Crippen LogP contribution in [0, 0.1) is 21.3 Å². The first-order valence-corrected chi connectivity index (χ1v) is 7.43. The van der Waals surface area contributed by atoms with Crippen LogP contribution >= 0.6 is 0 Å². The predicted octanol–water partition coefficient (Wildman–Crippen LogP) is 4.12. The first-order valence-electron chi connectivity index (χ1n) is 7.43. The fourth-order valence-electron chi connectivity index (χ4n) is 2.14. The summed E-state index contributed by atoms with van der Waals surface area (Å²) < 4.78 is 1.43. The van der Waals surface area contributed by atoms with Gasteiger partial charge in [-0.15, -0.1) is 0 Å². The normalized spacial score (nSPS) is 9.09. The Bertz CT molecular complexity index is 667. The molecular formula is C18H27N2O2Y-. The Kier molecular flexibility index (Phi) is 12.2. The molecule has 0 bridgehead atoms. The summed E-state index contributed by atoms with van der Waals surface area (Å²) in [4.78, 5) is 12.4. The van der Waals surface area contributed by atoms with Crippen molar-refractivity contribution in [3.05, 3.63) is 53.3 Å². The van der Waals surface area contributed by atoms with Gasteiger partial charge < -0.3 is 12.5 Å². The molecule has 0 unspecified atom stereocenters. The van der Waals surface area contributed by atoms with Crippen LogP contribution in [0.3, 0.4) is 0 Å². The van der Waals surface area contributed by atoms with Crippen molar-refractivity contribution >= 4 is 0 Å². The van der Waals surface area contributed by atoms with E-state index in [2.05, 4.69) is 5.10 Å². The molecular weight excluding hydrogens is 365 g/mol. The third-order valence-electron chi connectivity index (χ3n) is 3.15. The molecule has 125 valence electrons. The topological polar surface area (TPSA) is 55.1 Å². The third kappa shape index (κ3) is 5.54. The zero-order valence-electron chi connectivity index (χ0n) is 15.1. The molecule has 0 aliphatic carbocycles. The van der Waals surface area contributed by atoms with Gasteiger partial charge in [-0.25, -0.2) is 4.68 Å². The molecule has 0 aliphatic rings. The molecule has 5 heteroatoms. The smallest absolute Gasteiger partial charge is 0.278 e. The summed E-state index contributed by atoms with van der Waals surface area (Å²) in [7, 11) is 0. The van der Waals surface area contributed by atoms with E-state index in [1.165, 1.54) is 4.68 Å². The fraction of sp³-hybridized carbons (Fsp3) is 0.389. The van der Waals surface area contributed by atoms with Crippen LogP contribution in [-0.2, 0) is 39.3 Å². The van der Waals surface area contributed by atoms with E-state index in [1.54, 1.807) is 6.92 Å². The molecule has 1 N–H and O–H groups in total. The molecule has 0 saturated heterocycles. The summed E-state index contributed by atoms with van der Waals surface area (Å²) in [5, 5.41) is 14.3. The molecule has 1 radical (unpaired) electrons. The number of aromatic hydroxyl groups is 1. The van der Waals surface area contributed by atoms with Gasteiger partial charge in [-0.05, 0) is 31.4 Å². The summed E-state index contributed by atoms with van der Waals surface area (Å²) in [6.45, 7) is 10.2. The molecule has 0 amide bonds. The van der Waals surface area contributed by atoms with Crippen LogP contribution in [0.5, 0.6) is 5.75 Å². The van der Waals surface area contributed by atoms with Crippen LogP contribution in [0.25, 0.3) is 11.1 Å². The minimum atomic E-state index is -0.237. The second-order valence-corrected chi connectivity index (χ2v) is 4.65. The minimum Gasteiger partial charge on any atom is -0.505 e. The van der Waals surface area contributed by atoms with Crippen molar-refractivity contribution in [1.82, 2.24) is 9.78 Å².